The Balaban J connectivity index is 0.00000242. The Labute approximate surface area is 153 Å². The van der Waals surface area contributed by atoms with E-state index in [4.69, 9.17) is 0 Å². The largest absolute Gasteiger partial charge is 0.353 e. The van der Waals surface area contributed by atoms with Crippen LogP contribution >= 0.6 is 35.3 Å². The van der Waals surface area contributed by atoms with Gasteiger partial charge in [-0.1, -0.05) is 13.8 Å². The van der Waals surface area contributed by atoms with Gasteiger partial charge in [-0.15, -0.1) is 35.3 Å². The van der Waals surface area contributed by atoms with E-state index in [1.807, 2.05) is 5.38 Å². The van der Waals surface area contributed by atoms with Crippen LogP contribution in [-0.4, -0.2) is 44.0 Å². The summed E-state index contributed by atoms with van der Waals surface area (Å²) in [5, 5.41) is 9.50. The lowest BCUT2D eigenvalue weighted by Gasteiger charge is -2.15. The molecule has 1 fully saturated rings. The highest BCUT2D eigenvalue weighted by Crippen LogP contribution is 2.19. The average Bonchev–Trinajstić information content (AvgIpc) is 3.01. The smallest absolute Gasteiger partial charge is 0.191 e. The fourth-order valence-electron chi connectivity index (χ4n) is 2.14. The summed E-state index contributed by atoms with van der Waals surface area (Å²) in [4.78, 5) is 8.68. The van der Waals surface area contributed by atoms with E-state index in [0.717, 1.165) is 10.7 Å². The summed E-state index contributed by atoms with van der Waals surface area (Å²) >= 11 is 1.66. The minimum absolute atomic E-state index is 0. The molecule has 0 aliphatic carbocycles. The van der Waals surface area contributed by atoms with Crippen LogP contribution < -0.4 is 10.6 Å². The maximum Gasteiger partial charge on any atom is 0.191 e. The van der Waals surface area contributed by atoms with E-state index in [-0.39, 0.29) is 41.5 Å². The lowest BCUT2D eigenvalue weighted by atomic mass is 10.2. The molecule has 0 saturated carbocycles. The maximum absolute atomic E-state index is 11.4. The average molecular weight is 458 g/mol. The van der Waals surface area contributed by atoms with Crippen molar-refractivity contribution in [2.45, 2.75) is 38.8 Å². The molecule has 2 rings (SSSR count). The number of thiazole rings is 1. The van der Waals surface area contributed by atoms with Crippen LogP contribution in [0.4, 0.5) is 0 Å². The molecule has 1 aromatic heterocycles. The molecule has 0 aromatic carbocycles. The van der Waals surface area contributed by atoms with Gasteiger partial charge in [-0.05, 0) is 6.42 Å². The Bertz CT molecular complexity index is 613. The van der Waals surface area contributed by atoms with Crippen molar-refractivity contribution in [3.63, 3.8) is 0 Å². The summed E-state index contributed by atoms with van der Waals surface area (Å²) in [7, 11) is -1.20. The highest BCUT2D eigenvalue weighted by atomic mass is 127. The molecule has 1 atom stereocenters. The van der Waals surface area contributed by atoms with Crippen LogP contribution in [0.5, 0.6) is 0 Å². The SMILES string of the molecule is CN=C(NCc1csc(C(C)C)n1)NC1CCS(=O)(=O)C1.I. The van der Waals surface area contributed by atoms with Crippen LogP contribution in [-0.2, 0) is 16.4 Å². The van der Waals surface area contributed by atoms with E-state index >= 15 is 0 Å². The number of nitrogens with one attached hydrogen (secondary N) is 2. The van der Waals surface area contributed by atoms with Crippen LogP contribution in [0.1, 0.15) is 36.9 Å². The minimum Gasteiger partial charge on any atom is -0.353 e. The molecule has 1 unspecified atom stereocenters. The fraction of sp³-hybridized carbons (Fsp3) is 0.692. The molecule has 22 heavy (non-hydrogen) atoms. The molecular weight excluding hydrogens is 435 g/mol. The summed E-state index contributed by atoms with van der Waals surface area (Å²) in [5.74, 6) is 1.49. The Morgan fingerprint density at radius 3 is 2.77 bits per heavy atom. The van der Waals surface area contributed by atoms with Crippen LogP contribution in [0.15, 0.2) is 10.4 Å². The molecule has 1 aromatic rings. The van der Waals surface area contributed by atoms with Gasteiger partial charge in [0.15, 0.2) is 15.8 Å². The summed E-state index contributed by atoms with van der Waals surface area (Å²) in [6, 6.07) is -0.0529. The maximum atomic E-state index is 11.4. The van der Waals surface area contributed by atoms with Gasteiger partial charge < -0.3 is 10.6 Å². The quantitative estimate of drug-likeness (QED) is 0.408. The third-order valence-electron chi connectivity index (χ3n) is 3.30. The van der Waals surface area contributed by atoms with Gasteiger partial charge in [0.2, 0.25) is 0 Å². The van der Waals surface area contributed by atoms with Crippen molar-refractivity contribution in [2.75, 3.05) is 18.6 Å². The molecule has 6 nitrogen and oxygen atoms in total. The number of guanidine groups is 1. The number of hydrogen-bond acceptors (Lipinski definition) is 5. The second kappa shape index (κ2) is 8.44. The monoisotopic (exact) mass is 458 g/mol. The number of hydrogen-bond donors (Lipinski definition) is 2. The summed E-state index contributed by atoms with van der Waals surface area (Å²) in [6.45, 7) is 4.83. The first-order chi connectivity index (χ1) is 9.89. The Hall–Kier alpha value is -0.420. The van der Waals surface area contributed by atoms with Gasteiger partial charge in [0, 0.05) is 24.4 Å². The topological polar surface area (TPSA) is 83.4 Å². The number of nitrogens with zero attached hydrogens (tertiary/aromatic N) is 2. The van der Waals surface area contributed by atoms with E-state index in [0.29, 0.717) is 24.8 Å². The third kappa shape index (κ3) is 5.65. The zero-order valence-electron chi connectivity index (χ0n) is 13.0. The highest BCUT2D eigenvalue weighted by molar-refractivity contribution is 14.0. The fourth-order valence-corrected chi connectivity index (χ4v) is 4.65. The first-order valence-electron chi connectivity index (χ1n) is 7.01. The molecule has 126 valence electrons. The van der Waals surface area contributed by atoms with Gasteiger partial charge in [0.25, 0.3) is 0 Å². The summed E-state index contributed by atoms with van der Waals surface area (Å²) < 4.78 is 22.9. The van der Waals surface area contributed by atoms with Gasteiger partial charge in [-0.2, -0.15) is 0 Å². The lowest BCUT2D eigenvalue weighted by Crippen LogP contribution is -2.43. The summed E-state index contributed by atoms with van der Waals surface area (Å²) in [6.07, 6.45) is 0.636. The number of aliphatic imine (C=N–C) groups is 1. The van der Waals surface area contributed by atoms with Crippen molar-refractivity contribution >= 4 is 51.1 Å². The standard InChI is InChI=1S/C13H22N4O2S2.HI/c1-9(2)12-16-11(7-20-12)6-15-13(14-3)17-10-4-5-21(18,19)8-10;/h7,9-10H,4-6,8H2,1-3H3,(H2,14,15,17);1H. The van der Waals surface area contributed by atoms with E-state index in [2.05, 4.69) is 34.5 Å². The summed E-state index contributed by atoms with van der Waals surface area (Å²) in [5.41, 5.74) is 0.977. The second-order valence-electron chi connectivity index (χ2n) is 5.50. The van der Waals surface area contributed by atoms with Crippen molar-refractivity contribution in [3.8, 4) is 0 Å². The number of rotatable bonds is 4. The van der Waals surface area contributed by atoms with Crippen LogP contribution in [0.3, 0.4) is 0 Å². The molecule has 0 radical (unpaired) electrons. The van der Waals surface area contributed by atoms with Crippen LogP contribution in [0, 0.1) is 0 Å². The normalized spacial score (nSPS) is 20.7. The Morgan fingerprint density at radius 1 is 1.55 bits per heavy atom. The molecule has 2 N–H and O–H groups in total. The Morgan fingerprint density at radius 2 is 2.27 bits per heavy atom. The predicted molar refractivity (Wildman–Crippen MR) is 102 cm³/mol. The number of aromatic nitrogens is 1. The van der Waals surface area contributed by atoms with Crippen LogP contribution in [0.25, 0.3) is 0 Å². The molecular formula is C13H23IN4O2S2. The molecule has 0 bridgehead atoms. The number of sulfone groups is 1. The number of halogens is 1. The first kappa shape index (κ1) is 19.6. The lowest BCUT2D eigenvalue weighted by molar-refractivity contribution is 0.599. The van der Waals surface area contributed by atoms with Crippen LogP contribution in [0.2, 0.25) is 0 Å². The third-order valence-corrected chi connectivity index (χ3v) is 6.26. The van der Waals surface area contributed by atoms with Gasteiger partial charge in [0.1, 0.15) is 0 Å². The zero-order valence-corrected chi connectivity index (χ0v) is 17.0. The van der Waals surface area contributed by atoms with E-state index in [1.165, 1.54) is 0 Å². The molecule has 9 heteroatoms. The van der Waals surface area contributed by atoms with E-state index in [9.17, 15) is 8.42 Å². The van der Waals surface area contributed by atoms with Gasteiger partial charge in [0.05, 0.1) is 28.8 Å². The van der Waals surface area contributed by atoms with Crippen molar-refractivity contribution in [2.24, 2.45) is 4.99 Å². The van der Waals surface area contributed by atoms with Gasteiger partial charge in [-0.25, -0.2) is 13.4 Å². The molecule has 1 saturated heterocycles. The van der Waals surface area contributed by atoms with Gasteiger partial charge >= 0.3 is 0 Å². The van der Waals surface area contributed by atoms with Crippen molar-refractivity contribution in [3.05, 3.63) is 16.1 Å². The molecule has 0 spiro atoms. The molecule has 1 aliphatic heterocycles. The molecule has 1 aliphatic rings. The van der Waals surface area contributed by atoms with E-state index < -0.39 is 9.84 Å². The van der Waals surface area contributed by atoms with Crippen molar-refractivity contribution in [1.82, 2.24) is 15.6 Å². The molecule has 2 heterocycles. The first-order valence-corrected chi connectivity index (χ1v) is 9.71. The predicted octanol–water partition coefficient (Wildman–Crippen LogP) is 1.74. The Kier molecular flexibility index (Phi) is 7.53. The minimum atomic E-state index is -2.88. The van der Waals surface area contributed by atoms with Crippen molar-refractivity contribution in [1.29, 1.82) is 0 Å². The second-order valence-corrected chi connectivity index (χ2v) is 8.62. The van der Waals surface area contributed by atoms with E-state index in [1.54, 1.807) is 18.4 Å². The molecule has 0 amide bonds. The van der Waals surface area contributed by atoms with Crippen molar-refractivity contribution < 1.29 is 8.42 Å². The highest BCUT2D eigenvalue weighted by Gasteiger charge is 2.28. The zero-order chi connectivity index (χ0) is 15.5. The van der Waals surface area contributed by atoms with Gasteiger partial charge in [-0.3, -0.25) is 4.99 Å².